The van der Waals surface area contributed by atoms with Crippen molar-refractivity contribution in [3.8, 4) is 17.0 Å². The van der Waals surface area contributed by atoms with Crippen molar-refractivity contribution in [1.29, 1.82) is 0 Å². The normalized spacial score (nSPS) is 11.0. The van der Waals surface area contributed by atoms with Crippen LogP contribution in [0.2, 0.25) is 0 Å². The van der Waals surface area contributed by atoms with E-state index in [1.54, 1.807) is 24.4 Å². The number of aromatic nitrogens is 1. The number of nitrogens with zero attached hydrogens (tertiary/aromatic N) is 1. The molecular weight excluding hydrogens is 366 g/mol. The standard InChI is InChI=1S/C20H21NO5S/c1-5-12-8-13-16(9-15(12)24-6-2)26-19(20(23)25-7-3)17(18(13)22)14-10-27-11(4)21-14/h8-10H,5-7H2,1-4H3. The van der Waals surface area contributed by atoms with Crippen molar-refractivity contribution in [3.63, 3.8) is 0 Å². The molecule has 7 heteroatoms. The fourth-order valence-corrected chi connectivity index (χ4v) is 3.49. The smallest absolute Gasteiger partial charge is 0.375 e. The number of rotatable bonds is 6. The number of esters is 1. The summed E-state index contributed by atoms with van der Waals surface area (Å²) in [6.07, 6.45) is 0.704. The minimum atomic E-state index is -0.685. The van der Waals surface area contributed by atoms with E-state index in [1.807, 2.05) is 20.8 Å². The van der Waals surface area contributed by atoms with Crippen LogP contribution in [0.4, 0.5) is 0 Å². The van der Waals surface area contributed by atoms with Crippen LogP contribution < -0.4 is 10.2 Å². The molecule has 6 nitrogen and oxygen atoms in total. The third kappa shape index (κ3) is 3.60. The molecule has 1 aromatic carbocycles. The maximum absolute atomic E-state index is 13.3. The van der Waals surface area contributed by atoms with Gasteiger partial charge in [-0.05, 0) is 38.8 Å². The lowest BCUT2D eigenvalue weighted by Crippen LogP contribution is -2.15. The van der Waals surface area contributed by atoms with Gasteiger partial charge in [-0.3, -0.25) is 4.79 Å². The number of benzene rings is 1. The Morgan fingerprint density at radius 1 is 1.22 bits per heavy atom. The summed E-state index contributed by atoms with van der Waals surface area (Å²) < 4.78 is 16.6. The van der Waals surface area contributed by atoms with Gasteiger partial charge >= 0.3 is 5.97 Å². The fourth-order valence-electron chi connectivity index (χ4n) is 2.88. The summed E-state index contributed by atoms with van der Waals surface area (Å²) in [5, 5.41) is 2.93. The van der Waals surface area contributed by atoms with Crippen LogP contribution >= 0.6 is 11.3 Å². The van der Waals surface area contributed by atoms with Crippen molar-refractivity contribution < 1.29 is 18.7 Å². The highest BCUT2D eigenvalue weighted by Crippen LogP contribution is 2.30. The summed E-state index contributed by atoms with van der Waals surface area (Å²) in [6, 6.07) is 3.43. The van der Waals surface area contributed by atoms with E-state index in [-0.39, 0.29) is 23.4 Å². The van der Waals surface area contributed by atoms with Crippen molar-refractivity contribution >= 4 is 28.3 Å². The van der Waals surface area contributed by atoms with Crippen LogP contribution in [0, 0.1) is 6.92 Å². The van der Waals surface area contributed by atoms with Crippen LogP contribution in [0.1, 0.15) is 41.9 Å². The number of thiazole rings is 1. The Morgan fingerprint density at radius 3 is 2.59 bits per heavy atom. The maximum atomic E-state index is 13.3. The molecule has 0 aliphatic heterocycles. The molecule has 27 heavy (non-hydrogen) atoms. The summed E-state index contributed by atoms with van der Waals surface area (Å²) >= 11 is 1.40. The summed E-state index contributed by atoms with van der Waals surface area (Å²) in [6.45, 7) is 8.08. The monoisotopic (exact) mass is 387 g/mol. The molecule has 0 radical (unpaired) electrons. The molecule has 3 aromatic rings. The number of hydrogen-bond donors (Lipinski definition) is 0. The van der Waals surface area contributed by atoms with Gasteiger partial charge in [0.05, 0.1) is 34.9 Å². The Hall–Kier alpha value is -2.67. The van der Waals surface area contributed by atoms with Crippen LogP contribution in [-0.2, 0) is 11.2 Å². The maximum Gasteiger partial charge on any atom is 0.375 e. The SMILES string of the molecule is CCOC(=O)c1oc2cc(OCC)c(CC)cc2c(=O)c1-c1csc(C)n1. The lowest BCUT2D eigenvalue weighted by atomic mass is 10.0. The van der Waals surface area contributed by atoms with Crippen molar-refractivity contribution in [3.05, 3.63) is 44.1 Å². The molecule has 3 rings (SSSR count). The van der Waals surface area contributed by atoms with Gasteiger partial charge in [-0.1, -0.05) is 6.92 Å². The van der Waals surface area contributed by atoms with Crippen LogP contribution in [0.15, 0.2) is 26.7 Å². The zero-order chi connectivity index (χ0) is 19.6. The van der Waals surface area contributed by atoms with Crippen LogP contribution in [-0.4, -0.2) is 24.2 Å². The molecule has 0 bridgehead atoms. The van der Waals surface area contributed by atoms with E-state index in [1.165, 1.54) is 11.3 Å². The number of carbonyl (C=O) groups is 1. The highest BCUT2D eigenvalue weighted by Gasteiger charge is 2.25. The third-order valence-corrected chi connectivity index (χ3v) is 4.86. The molecule has 0 saturated heterocycles. The lowest BCUT2D eigenvalue weighted by Gasteiger charge is -2.12. The van der Waals surface area contributed by atoms with Gasteiger partial charge in [0.25, 0.3) is 0 Å². The first-order chi connectivity index (χ1) is 13.0. The van der Waals surface area contributed by atoms with Gasteiger partial charge < -0.3 is 13.9 Å². The molecule has 0 atom stereocenters. The highest BCUT2D eigenvalue weighted by molar-refractivity contribution is 7.09. The predicted octanol–water partition coefficient (Wildman–Crippen LogP) is 4.36. The zero-order valence-corrected chi connectivity index (χ0v) is 16.6. The van der Waals surface area contributed by atoms with Crippen LogP contribution in [0.5, 0.6) is 5.75 Å². The summed E-state index contributed by atoms with van der Waals surface area (Å²) in [5.74, 6) is -0.177. The van der Waals surface area contributed by atoms with E-state index >= 15 is 0 Å². The number of hydrogen-bond acceptors (Lipinski definition) is 7. The van der Waals surface area contributed by atoms with Gasteiger partial charge in [0.15, 0.2) is 0 Å². The molecule has 2 aromatic heterocycles. The zero-order valence-electron chi connectivity index (χ0n) is 15.8. The molecule has 0 unspecified atom stereocenters. The van der Waals surface area contributed by atoms with E-state index in [4.69, 9.17) is 13.9 Å². The first kappa shape index (κ1) is 19.1. The average molecular weight is 387 g/mol. The minimum Gasteiger partial charge on any atom is -0.493 e. The number of aryl methyl sites for hydroxylation is 2. The Labute approximate surface area is 160 Å². The summed E-state index contributed by atoms with van der Waals surface area (Å²) in [5.41, 5.74) is 1.45. The molecule has 2 heterocycles. The predicted molar refractivity (Wildman–Crippen MR) is 105 cm³/mol. The molecule has 0 aliphatic rings. The van der Waals surface area contributed by atoms with E-state index < -0.39 is 5.97 Å². The van der Waals surface area contributed by atoms with E-state index in [9.17, 15) is 9.59 Å². The average Bonchev–Trinajstić information content (AvgIpc) is 3.07. The quantitative estimate of drug-likeness (QED) is 0.585. The van der Waals surface area contributed by atoms with Crippen molar-refractivity contribution in [2.45, 2.75) is 34.1 Å². The third-order valence-electron chi connectivity index (χ3n) is 4.09. The van der Waals surface area contributed by atoms with Gasteiger partial charge in [0.2, 0.25) is 11.2 Å². The Bertz CT molecular complexity index is 1050. The summed E-state index contributed by atoms with van der Waals surface area (Å²) in [4.78, 5) is 30.1. The Balaban J connectivity index is 2.35. The van der Waals surface area contributed by atoms with Gasteiger partial charge in [0.1, 0.15) is 11.3 Å². The molecule has 0 spiro atoms. The van der Waals surface area contributed by atoms with Crippen molar-refractivity contribution in [2.75, 3.05) is 13.2 Å². The topological polar surface area (TPSA) is 78.6 Å². The second kappa shape index (κ2) is 7.92. The molecule has 142 valence electrons. The van der Waals surface area contributed by atoms with Crippen LogP contribution in [0.25, 0.3) is 22.2 Å². The van der Waals surface area contributed by atoms with Gasteiger partial charge in [-0.2, -0.15) is 0 Å². The Morgan fingerprint density at radius 2 is 2.00 bits per heavy atom. The molecule has 0 aliphatic carbocycles. The highest BCUT2D eigenvalue weighted by atomic mass is 32.1. The van der Waals surface area contributed by atoms with Gasteiger partial charge in [-0.25, -0.2) is 9.78 Å². The molecule has 0 fully saturated rings. The van der Waals surface area contributed by atoms with Crippen LogP contribution in [0.3, 0.4) is 0 Å². The number of carbonyl (C=O) groups excluding carboxylic acids is 1. The number of fused-ring (bicyclic) bond motifs is 1. The molecule has 0 N–H and O–H groups in total. The minimum absolute atomic E-state index is 0.133. The molecule has 0 saturated carbocycles. The van der Waals surface area contributed by atoms with E-state index in [0.717, 1.165) is 10.6 Å². The Kier molecular flexibility index (Phi) is 5.60. The van der Waals surface area contributed by atoms with Gasteiger partial charge in [-0.15, -0.1) is 11.3 Å². The van der Waals surface area contributed by atoms with E-state index in [0.29, 0.717) is 35.4 Å². The second-order valence-corrected chi connectivity index (χ2v) is 6.91. The fraction of sp³-hybridized carbons (Fsp3) is 0.350. The number of ether oxygens (including phenoxy) is 2. The first-order valence-corrected chi connectivity index (χ1v) is 9.74. The second-order valence-electron chi connectivity index (χ2n) is 5.85. The van der Waals surface area contributed by atoms with E-state index in [2.05, 4.69) is 4.98 Å². The van der Waals surface area contributed by atoms with Crippen molar-refractivity contribution in [2.24, 2.45) is 0 Å². The largest absolute Gasteiger partial charge is 0.493 e. The summed E-state index contributed by atoms with van der Waals surface area (Å²) in [7, 11) is 0. The molecule has 0 amide bonds. The lowest BCUT2D eigenvalue weighted by molar-refractivity contribution is 0.0492. The van der Waals surface area contributed by atoms with Crippen molar-refractivity contribution in [1.82, 2.24) is 4.98 Å². The van der Waals surface area contributed by atoms with Gasteiger partial charge in [0, 0.05) is 11.4 Å². The molecular formula is C20H21NO5S. The first-order valence-electron chi connectivity index (χ1n) is 8.86.